The Labute approximate surface area is 153 Å². The van der Waals surface area contributed by atoms with E-state index in [4.69, 9.17) is 16.3 Å². The number of anilines is 1. The molecule has 1 fully saturated rings. The molecular weight excluding hydrogens is 340 g/mol. The summed E-state index contributed by atoms with van der Waals surface area (Å²) in [7, 11) is 1.67. The van der Waals surface area contributed by atoms with Crippen molar-refractivity contribution >= 4 is 23.2 Å². The average molecular weight is 363 g/mol. The van der Waals surface area contributed by atoms with Gasteiger partial charge in [0.25, 0.3) is 5.91 Å². The molecule has 1 heterocycles. The number of amides is 1. The Balaban J connectivity index is 1.94. The number of nitriles is 1. The van der Waals surface area contributed by atoms with Crippen LogP contribution in [-0.4, -0.2) is 56.5 Å². The summed E-state index contributed by atoms with van der Waals surface area (Å²) in [5.74, 6) is 0.985. The van der Waals surface area contributed by atoms with E-state index in [9.17, 15) is 10.1 Å². The van der Waals surface area contributed by atoms with Gasteiger partial charge in [-0.05, 0) is 18.6 Å². The van der Waals surface area contributed by atoms with Gasteiger partial charge in [0.15, 0.2) is 0 Å². The van der Waals surface area contributed by atoms with E-state index >= 15 is 0 Å². The van der Waals surface area contributed by atoms with Gasteiger partial charge in [0.1, 0.15) is 17.4 Å². The van der Waals surface area contributed by atoms with Gasteiger partial charge in [0.05, 0.1) is 12.8 Å². The molecule has 1 aliphatic heterocycles. The normalized spacial score (nSPS) is 14.8. The third kappa shape index (κ3) is 5.30. The van der Waals surface area contributed by atoms with E-state index in [1.807, 2.05) is 35.2 Å². The molecular formula is C18H23ClN4O2. The molecule has 1 aliphatic rings. The zero-order valence-corrected chi connectivity index (χ0v) is 15.1. The number of ether oxygens (including phenoxy) is 1. The Morgan fingerprint density at radius 1 is 1.36 bits per heavy atom. The maximum absolute atomic E-state index is 12.0. The third-order valence-corrected chi connectivity index (χ3v) is 4.28. The number of nitrogens with zero attached hydrogens (tertiary/aromatic N) is 3. The van der Waals surface area contributed by atoms with Crippen molar-refractivity contribution in [2.24, 2.45) is 0 Å². The second-order valence-corrected chi connectivity index (χ2v) is 6.03. The number of piperazine rings is 1. The lowest BCUT2D eigenvalue weighted by molar-refractivity contribution is -0.117. The van der Waals surface area contributed by atoms with Crippen LogP contribution in [0.2, 0.25) is 0 Å². The molecule has 1 saturated heterocycles. The Kier molecular flexibility index (Phi) is 7.42. The Morgan fingerprint density at radius 2 is 2.08 bits per heavy atom. The largest absolute Gasteiger partial charge is 0.495 e. The predicted molar refractivity (Wildman–Crippen MR) is 98.8 cm³/mol. The summed E-state index contributed by atoms with van der Waals surface area (Å²) in [4.78, 5) is 16.2. The van der Waals surface area contributed by atoms with E-state index in [2.05, 4.69) is 10.2 Å². The minimum absolute atomic E-state index is 0.125. The van der Waals surface area contributed by atoms with Crippen molar-refractivity contribution in [2.45, 2.75) is 6.42 Å². The number of carbonyl (C=O) groups is 1. The highest BCUT2D eigenvalue weighted by Gasteiger charge is 2.19. The van der Waals surface area contributed by atoms with Gasteiger partial charge >= 0.3 is 0 Å². The number of benzene rings is 1. The zero-order chi connectivity index (χ0) is 18.1. The molecule has 134 valence electrons. The van der Waals surface area contributed by atoms with Crippen LogP contribution >= 0.6 is 11.6 Å². The smallest absolute Gasteiger partial charge is 0.263 e. The molecule has 2 rings (SSSR count). The summed E-state index contributed by atoms with van der Waals surface area (Å²) < 4.78 is 5.41. The molecule has 1 N–H and O–H groups in total. The molecule has 1 amide bonds. The first-order chi connectivity index (χ1) is 12.2. The number of para-hydroxylation sites is 2. The summed E-state index contributed by atoms with van der Waals surface area (Å²) in [6.07, 6.45) is 2.33. The van der Waals surface area contributed by atoms with Crippen LogP contribution in [0.15, 0.2) is 36.0 Å². The Morgan fingerprint density at radius 3 is 2.72 bits per heavy atom. The van der Waals surface area contributed by atoms with Crippen LogP contribution in [0.3, 0.4) is 0 Å². The molecule has 0 atom stereocenters. The first-order valence-electron chi connectivity index (χ1n) is 8.27. The van der Waals surface area contributed by atoms with Crippen molar-refractivity contribution in [3.63, 3.8) is 0 Å². The summed E-state index contributed by atoms with van der Waals surface area (Å²) >= 11 is 5.59. The molecule has 0 bridgehead atoms. The fraction of sp³-hybridized carbons (Fsp3) is 0.444. The van der Waals surface area contributed by atoms with E-state index in [0.717, 1.165) is 37.6 Å². The number of nitrogens with one attached hydrogen (secondary N) is 1. The lowest BCUT2D eigenvalue weighted by Crippen LogP contribution is -2.44. The Bertz CT molecular complexity index is 649. The molecule has 0 aliphatic carbocycles. The highest BCUT2D eigenvalue weighted by Crippen LogP contribution is 2.28. The molecule has 1 aromatic rings. The molecule has 1 aromatic carbocycles. The number of hydrogen-bond acceptors (Lipinski definition) is 5. The van der Waals surface area contributed by atoms with Crippen molar-refractivity contribution in [3.8, 4) is 11.8 Å². The second kappa shape index (κ2) is 9.80. The standard InChI is InChI=1S/C18H23ClN4O2/c1-25-17-6-3-2-5-16(17)23-11-9-22(10-12-23)14-15(13-20)18(24)21-8-4-7-19/h2-3,5-6,14H,4,7-12H2,1H3,(H,21,24)/b15-14-. The molecule has 0 unspecified atom stereocenters. The fourth-order valence-corrected chi connectivity index (χ4v) is 2.80. The second-order valence-electron chi connectivity index (χ2n) is 5.65. The summed E-state index contributed by atoms with van der Waals surface area (Å²) in [6.45, 7) is 3.53. The van der Waals surface area contributed by atoms with Crippen molar-refractivity contribution < 1.29 is 9.53 Å². The van der Waals surface area contributed by atoms with Gasteiger partial charge in [-0.15, -0.1) is 11.6 Å². The van der Waals surface area contributed by atoms with E-state index < -0.39 is 0 Å². The van der Waals surface area contributed by atoms with E-state index in [1.54, 1.807) is 13.3 Å². The van der Waals surface area contributed by atoms with Crippen LogP contribution in [0.4, 0.5) is 5.69 Å². The van der Waals surface area contributed by atoms with Crippen LogP contribution in [0, 0.1) is 11.3 Å². The van der Waals surface area contributed by atoms with Gasteiger partial charge in [-0.3, -0.25) is 4.79 Å². The number of rotatable bonds is 7. The number of hydrogen-bond donors (Lipinski definition) is 1. The van der Waals surface area contributed by atoms with Crippen LogP contribution in [-0.2, 0) is 4.79 Å². The van der Waals surface area contributed by atoms with Gasteiger partial charge in [-0.2, -0.15) is 5.26 Å². The SMILES string of the molecule is COc1ccccc1N1CCN(/C=C(/C#N)C(=O)NCCCCl)CC1. The number of methoxy groups -OCH3 is 1. The summed E-state index contributed by atoms with van der Waals surface area (Å²) in [5, 5.41) is 11.9. The fourth-order valence-electron chi connectivity index (χ4n) is 2.67. The van der Waals surface area contributed by atoms with Crippen molar-refractivity contribution in [3.05, 3.63) is 36.0 Å². The van der Waals surface area contributed by atoms with Crippen molar-refractivity contribution in [1.29, 1.82) is 5.26 Å². The summed E-state index contributed by atoms with van der Waals surface area (Å²) in [5.41, 5.74) is 1.19. The molecule has 0 aromatic heterocycles. The van der Waals surface area contributed by atoms with Gasteiger partial charge in [-0.25, -0.2) is 0 Å². The third-order valence-electron chi connectivity index (χ3n) is 4.01. The van der Waals surface area contributed by atoms with Gasteiger partial charge in [-0.1, -0.05) is 12.1 Å². The van der Waals surface area contributed by atoms with E-state index in [0.29, 0.717) is 18.8 Å². The summed E-state index contributed by atoms with van der Waals surface area (Å²) in [6, 6.07) is 9.90. The highest BCUT2D eigenvalue weighted by atomic mass is 35.5. The molecule has 0 radical (unpaired) electrons. The van der Waals surface area contributed by atoms with Crippen molar-refractivity contribution in [2.75, 3.05) is 50.6 Å². The lowest BCUT2D eigenvalue weighted by atomic mass is 10.2. The van der Waals surface area contributed by atoms with Gasteiger partial charge in [0, 0.05) is 44.8 Å². The number of carbonyl (C=O) groups excluding carboxylic acids is 1. The number of halogens is 1. The molecule has 25 heavy (non-hydrogen) atoms. The Hall–Kier alpha value is -2.39. The quantitative estimate of drug-likeness (QED) is 0.347. The predicted octanol–water partition coefficient (Wildman–Crippen LogP) is 1.97. The highest BCUT2D eigenvalue weighted by molar-refractivity contribution is 6.17. The molecule has 0 saturated carbocycles. The molecule has 6 nitrogen and oxygen atoms in total. The first kappa shape index (κ1) is 18.9. The van der Waals surface area contributed by atoms with E-state index in [-0.39, 0.29) is 11.5 Å². The van der Waals surface area contributed by atoms with Crippen LogP contribution in [0.25, 0.3) is 0 Å². The van der Waals surface area contributed by atoms with Crippen LogP contribution in [0.5, 0.6) is 5.75 Å². The first-order valence-corrected chi connectivity index (χ1v) is 8.81. The molecule has 7 heteroatoms. The van der Waals surface area contributed by atoms with Gasteiger partial charge < -0.3 is 19.9 Å². The number of alkyl halides is 1. The molecule has 0 spiro atoms. The minimum atomic E-state index is -0.347. The minimum Gasteiger partial charge on any atom is -0.495 e. The van der Waals surface area contributed by atoms with Crippen LogP contribution in [0.1, 0.15) is 6.42 Å². The topological polar surface area (TPSA) is 68.6 Å². The maximum atomic E-state index is 12.0. The van der Waals surface area contributed by atoms with Crippen molar-refractivity contribution in [1.82, 2.24) is 10.2 Å². The lowest BCUT2D eigenvalue weighted by Gasteiger charge is -2.36. The van der Waals surface area contributed by atoms with Crippen LogP contribution < -0.4 is 15.0 Å². The monoisotopic (exact) mass is 362 g/mol. The average Bonchev–Trinajstić information content (AvgIpc) is 2.66. The maximum Gasteiger partial charge on any atom is 0.263 e. The van der Waals surface area contributed by atoms with E-state index in [1.165, 1.54) is 0 Å². The van der Waals surface area contributed by atoms with Gasteiger partial charge in [0.2, 0.25) is 0 Å². The zero-order valence-electron chi connectivity index (χ0n) is 14.4.